The summed E-state index contributed by atoms with van der Waals surface area (Å²) in [6.07, 6.45) is -0.671. The van der Waals surface area contributed by atoms with E-state index in [1.54, 1.807) is 0 Å². The summed E-state index contributed by atoms with van der Waals surface area (Å²) in [5.41, 5.74) is -3.62. The summed E-state index contributed by atoms with van der Waals surface area (Å²) < 4.78 is 186. The predicted octanol–water partition coefficient (Wildman–Crippen LogP) is 9.97. The fourth-order valence-electron chi connectivity index (χ4n) is 4.46. The molecule has 2 heterocycles. The van der Waals surface area contributed by atoms with Gasteiger partial charge in [-0.1, -0.05) is 84.6 Å². The Labute approximate surface area is 235 Å². The molecule has 2 aromatic heterocycles. The summed E-state index contributed by atoms with van der Waals surface area (Å²) in [4.78, 5) is 0. The van der Waals surface area contributed by atoms with Gasteiger partial charge in [0.2, 0.25) is 0 Å². The Morgan fingerprint density at radius 3 is 1.83 bits per heavy atom. The minimum atomic E-state index is -0.871. The summed E-state index contributed by atoms with van der Waals surface area (Å²) in [5, 5.41) is -3.07. The van der Waals surface area contributed by atoms with Crippen molar-refractivity contribution in [1.29, 1.82) is 0 Å². The summed E-state index contributed by atoms with van der Waals surface area (Å²) in [7, 11) is 0. The van der Waals surface area contributed by atoms with Crippen LogP contribution < -0.4 is 0 Å². The first-order valence-corrected chi connectivity index (χ1v) is 10.6. The van der Waals surface area contributed by atoms with Gasteiger partial charge in [-0.25, -0.2) is 0 Å². The first-order valence-electron chi connectivity index (χ1n) is 20.6. The van der Waals surface area contributed by atoms with Crippen molar-refractivity contribution < 1.29 is 36.2 Å². The zero-order chi connectivity index (χ0) is 41.0. The standard InChI is InChI=1S/C34H20O2/c1-2-8-21(9-3-1)31-24-10-4-6-12-26(24)32(27-13-7-5-11-25(27)31)23-14-16-28-30(20-23)36-29-17-15-22-18-19-35-34(22)33(28)29/h1-20H/i1D,2D,3D,4D,5D,6D,7D,8D,9D,10D,11D,12D,13D,14D,15D,16D,17D,18D,19D,20D. The van der Waals surface area contributed by atoms with Gasteiger partial charge in [0.25, 0.3) is 0 Å². The Bertz CT molecular complexity index is 3090. The fraction of sp³-hybridized carbons (Fsp3) is 0. The van der Waals surface area contributed by atoms with Gasteiger partial charge in [0, 0.05) is 10.8 Å². The molecule has 2 heteroatoms. The number of furan rings is 2. The summed E-state index contributed by atoms with van der Waals surface area (Å²) in [6.45, 7) is 0. The lowest BCUT2D eigenvalue weighted by molar-refractivity contribution is 0.618. The number of hydrogen-bond acceptors (Lipinski definition) is 2. The molecule has 8 rings (SSSR count). The Morgan fingerprint density at radius 2 is 1.14 bits per heavy atom. The molecule has 0 amide bonds. The van der Waals surface area contributed by atoms with E-state index in [0.29, 0.717) is 0 Å². The molecule has 0 fully saturated rings. The zero-order valence-corrected chi connectivity index (χ0v) is 17.8. The maximum Gasteiger partial charge on any atom is 0.145 e. The van der Waals surface area contributed by atoms with Gasteiger partial charge in [-0.2, -0.15) is 0 Å². The lowest BCUT2D eigenvalue weighted by Gasteiger charge is -2.17. The molecule has 0 bridgehead atoms. The molecule has 0 aliphatic heterocycles. The predicted molar refractivity (Wildman–Crippen MR) is 149 cm³/mol. The second-order valence-electron chi connectivity index (χ2n) is 7.79. The fourth-order valence-corrected chi connectivity index (χ4v) is 4.46. The van der Waals surface area contributed by atoms with Crippen molar-refractivity contribution in [2.24, 2.45) is 0 Å². The third-order valence-corrected chi connectivity index (χ3v) is 5.92. The molecule has 2 nitrogen and oxygen atoms in total. The largest absolute Gasteiger partial charge is 0.464 e. The Kier molecular flexibility index (Phi) is 1.71. The topological polar surface area (TPSA) is 26.3 Å². The van der Waals surface area contributed by atoms with Crippen molar-refractivity contribution in [3.05, 3.63) is 121 Å². The van der Waals surface area contributed by atoms with E-state index in [2.05, 4.69) is 0 Å². The van der Waals surface area contributed by atoms with E-state index in [1.165, 1.54) is 0 Å². The van der Waals surface area contributed by atoms with Gasteiger partial charge in [0.05, 0.1) is 37.7 Å². The van der Waals surface area contributed by atoms with Crippen LogP contribution in [0, 0.1) is 0 Å². The van der Waals surface area contributed by atoms with Crippen LogP contribution in [0.4, 0.5) is 0 Å². The second kappa shape index (κ2) is 7.34. The van der Waals surface area contributed by atoms with Gasteiger partial charge in [-0.3, -0.25) is 0 Å². The van der Waals surface area contributed by atoms with Crippen molar-refractivity contribution in [1.82, 2.24) is 0 Å². The van der Waals surface area contributed by atoms with Gasteiger partial charge in [0.15, 0.2) is 0 Å². The van der Waals surface area contributed by atoms with Crippen LogP contribution in [-0.4, -0.2) is 0 Å². The Hall–Kier alpha value is -4.82. The van der Waals surface area contributed by atoms with Crippen LogP contribution in [0.1, 0.15) is 27.4 Å². The highest BCUT2D eigenvalue weighted by atomic mass is 16.3. The molecule has 0 saturated heterocycles. The highest BCUT2D eigenvalue weighted by molar-refractivity contribution is 6.22. The highest BCUT2D eigenvalue weighted by Crippen LogP contribution is 2.45. The molecule has 0 aliphatic carbocycles. The van der Waals surface area contributed by atoms with E-state index < -0.39 is 176 Å². The average Bonchev–Trinajstić information content (AvgIpc) is 3.71. The molecule has 168 valence electrons. The van der Waals surface area contributed by atoms with E-state index in [9.17, 15) is 4.11 Å². The molecule has 0 radical (unpaired) electrons. The van der Waals surface area contributed by atoms with Gasteiger partial charge in [-0.15, -0.1) is 0 Å². The monoisotopic (exact) mass is 480 g/mol. The molecule has 36 heavy (non-hydrogen) atoms. The summed E-state index contributed by atoms with van der Waals surface area (Å²) in [6, 6.07) is -15.2. The zero-order valence-electron chi connectivity index (χ0n) is 37.8. The maximum atomic E-state index is 9.46. The van der Waals surface area contributed by atoms with Gasteiger partial charge >= 0.3 is 0 Å². The first kappa shape index (κ1) is 8.39. The molecule has 0 unspecified atom stereocenters. The minimum absolute atomic E-state index is 0.198. The lowest BCUT2D eigenvalue weighted by atomic mass is 9.86. The van der Waals surface area contributed by atoms with Crippen molar-refractivity contribution in [3.63, 3.8) is 0 Å². The third kappa shape index (κ3) is 2.67. The van der Waals surface area contributed by atoms with Crippen molar-refractivity contribution >= 4 is 54.5 Å². The maximum absolute atomic E-state index is 9.46. The Morgan fingerprint density at radius 1 is 0.500 bits per heavy atom. The molecule has 8 aromatic rings. The summed E-state index contributed by atoms with van der Waals surface area (Å²) >= 11 is 0. The molecule has 0 N–H and O–H groups in total. The van der Waals surface area contributed by atoms with Gasteiger partial charge in [-0.05, 0) is 74.0 Å². The second-order valence-corrected chi connectivity index (χ2v) is 7.79. The van der Waals surface area contributed by atoms with Crippen LogP contribution in [0.15, 0.2) is 130 Å². The number of rotatable bonds is 2. The van der Waals surface area contributed by atoms with E-state index >= 15 is 0 Å². The SMILES string of the molecule is [2H]c1oc2c(c1[2H])c([2H])c([2H])c1oc3c([2H])c(-c4c5c([2H])c([2H])c([2H])c([2H])c5c(-c5c([2H])c([2H])c([2H])c([2H])c5[2H])c5c([2H])c([2H])c([2H])c([2H])c45)c([2H])c([2H])c3c12. The van der Waals surface area contributed by atoms with Crippen molar-refractivity contribution in [3.8, 4) is 22.3 Å². The number of hydrogen-bond donors (Lipinski definition) is 0. The first-order chi connectivity index (χ1) is 26.2. The molecule has 0 spiro atoms. The third-order valence-electron chi connectivity index (χ3n) is 5.92. The van der Waals surface area contributed by atoms with Crippen LogP contribution in [-0.2, 0) is 0 Å². The van der Waals surface area contributed by atoms with Crippen molar-refractivity contribution in [2.75, 3.05) is 0 Å². The molecule has 0 atom stereocenters. The van der Waals surface area contributed by atoms with Gasteiger partial charge in [0.1, 0.15) is 18.1 Å². The smallest absolute Gasteiger partial charge is 0.145 e. The number of fused-ring (bicyclic) bond motifs is 7. The Balaban J connectivity index is 1.72. The van der Waals surface area contributed by atoms with E-state index in [0.717, 1.165) is 0 Å². The molecule has 0 saturated carbocycles. The normalized spacial score (nSPS) is 19.7. The van der Waals surface area contributed by atoms with Crippen LogP contribution >= 0.6 is 0 Å². The lowest BCUT2D eigenvalue weighted by Crippen LogP contribution is -1.90. The highest BCUT2D eigenvalue weighted by Gasteiger charge is 2.18. The minimum Gasteiger partial charge on any atom is -0.464 e. The molecule has 0 aliphatic rings. The van der Waals surface area contributed by atoms with Crippen LogP contribution in [0.5, 0.6) is 0 Å². The molecular formula is C34H20O2. The van der Waals surface area contributed by atoms with Crippen LogP contribution in [0.2, 0.25) is 0 Å². The molecular weight excluding hydrogens is 440 g/mol. The van der Waals surface area contributed by atoms with E-state index in [-0.39, 0.29) is 21.7 Å². The number of benzene rings is 6. The molecule has 6 aromatic carbocycles. The van der Waals surface area contributed by atoms with Crippen LogP contribution in [0.25, 0.3) is 76.7 Å². The average molecular weight is 481 g/mol. The quantitative estimate of drug-likeness (QED) is 0.230. The van der Waals surface area contributed by atoms with E-state index in [4.69, 9.17) is 32.1 Å². The summed E-state index contributed by atoms with van der Waals surface area (Å²) in [5.74, 6) is 0. The van der Waals surface area contributed by atoms with Gasteiger partial charge < -0.3 is 8.83 Å². The van der Waals surface area contributed by atoms with Crippen molar-refractivity contribution in [2.45, 2.75) is 0 Å². The van der Waals surface area contributed by atoms with E-state index in [1.807, 2.05) is 0 Å². The van der Waals surface area contributed by atoms with Crippen LogP contribution in [0.3, 0.4) is 0 Å².